The summed E-state index contributed by atoms with van der Waals surface area (Å²) in [5.74, 6) is -0.982. The van der Waals surface area contributed by atoms with Crippen LogP contribution in [0, 0.1) is 0 Å². The molecule has 0 saturated heterocycles. The van der Waals surface area contributed by atoms with Crippen molar-refractivity contribution in [2.75, 3.05) is 40.9 Å². The van der Waals surface area contributed by atoms with Gasteiger partial charge in [0.05, 0.1) is 27.7 Å². The number of rotatable bonds is 41. The Hall–Kier alpha value is -0.860. The minimum atomic E-state index is -5.04. The maximum absolute atomic E-state index is 12.7. The van der Waals surface area contributed by atoms with Crippen molar-refractivity contribution in [1.29, 1.82) is 0 Å². The lowest BCUT2D eigenvalue weighted by molar-refractivity contribution is -0.861. The lowest BCUT2D eigenvalue weighted by atomic mass is 10.0. The number of likely N-dealkylation sites (N-methyl/N-ethyl adjacent to an activating group) is 1. The zero-order valence-electron chi connectivity index (χ0n) is 36.9. The highest BCUT2D eigenvalue weighted by atomic mass is 32.1. The van der Waals surface area contributed by atoms with Crippen molar-refractivity contribution >= 4 is 32.2 Å². The molecular formula is C44H87NO9P2. The molecular weight excluding hydrogens is 748 g/mol. The standard InChI is InChI=1S/C44H87NO9P2/c1-6-8-10-12-14-16-18-20-22-24-26-28-30-32-34-36-42(46)52-39-41(40-53-56(50,51)55(49)44(48)38-45(3,4)5)54-43(47)37-35-33-31-29-27-25-23-21-19-17-15-13-11-9-7-2/h41H,6-40H2,1-5H3,(H-,48,50,51)/t41-/m1/s1. The van der Waals surface area contributed by atoms with Crippen LogP contribution in [0.5, 0.6) is 0 Å². The Labute approximate surface area is 345 Å². The van der Waals surface area contributed by atoms with Crippen LogP contribution >= 0.6 is 14.7 Å². The molecule has 12 heteroatoms. The molecule has 0 aromatic carbocycles. The van der Waals surface area contributed by atoms with E-state index in [1.165, 1.54) is 141 Å². The molecule has 2 unspecified atom stereocenters. The number of carbonyl (C=O) groups is 2. The van der Waals surface area contributed by atoms with Gasteiger partial charge in [0.25, 0.3) is 5.48 Å². The summed E-state index contributed by atoms with van der Waals surface area (Å²) in [6.07, 6.45) is 35.8. The van der Waals surface area contributed by atoms with Crippen molar-refractivity contribution in [3.63, 3.8) is 0 Å². The third-order valence-corrected chi connectivity index (χ3v) is 14.1. The minimum Gasteiger partial charge on any atom is -0.741 e. The molecule has 0 fully saturated rings. The van der Waals surface area contributed by atoms with E-state index in [9.17, 15) is 29.0 Å². The summed E-state index contributed by atoms with van der Waals surface area (Å²) < 4.78 is 28.7. The van der Waals surface area contributed by atoms with Crippen LogP contribution in [0.1, 0.15) is 219 Å². The SMILES string of the molecule is CCCCCCCCCCCCCCCCCC(=O)OC[C@H](COP(=O)([O-])[P+]([O-])=C(O)C[N+](C)(C)C)OC(=O)CCCCCCCCCCCCCCCCC. The fourth-order valence-electron chi connectivity index (χ4n) is 6.76. The molecule has 0 aromatic rings. The monoisotopic (exact) mass is 836 g/mol. The van der Waals surface area contributed by atoms with Crippen LogP contribution in [-0.4, -0.2) is 74.0 Å². The zero-order valence-corrected chi connectivity index (χ0v) is 38.7. The van der Waals surface area contributed by atoms with E-state index in [0.29, 0.717) is 12.8 Å². The highest BCUT2D eigenvalue weighted by Gasteiger charge is 2.30. The molecule has 0 aliphatic rings. The third-order valence-electron chi connectivity index (χ3n) is 10.2. The van der Waals surface area contributed by atoms with Crippen LogP contribution in [0.3, 0.4) is 0 Å². The van der Waals surface area contributed by atoms with E-state index in [-0.39, 0.29) is 30.5 Å². The first kappa shape index (κ1) is 55.1. The summed E-state index contributed by atoms with van der Waals surface area (Å²) in [5, 5.41) is 10.2. The highest BCUT2D eigenvalue weighted by molar-refractivity contribution is 8.23. The van der Waals surface area contributed by atoms with Crippen molar-refractivity contribution in [2.45, 2.75) is 225 Å². The van der Waals surface area contributed by atoms with Gasteiger partial charge in [0, 0.05) is 12.8 Å². The topological polar surface area (TPSA) is 145 Å². The summed E-state index contributed by atoms with van der Waals surface area (Å²) in [6.45, 7) is 3.34. The van der Waals surface area contributed by atoms with Gasteiger partial charge >= 0.3 is 19.2 Å². The molecule has 0 aromatic heterocycles. The second-order valence-corrected chi connectivity index (χ2v) is 21.9. The number of carbonyl (C=O) groups excluding carboxylic acids is 2. The molecule has 1 N–H and O–H groups in total. The summed E-state index contributed by atoms with van der Waals surface area (Å²) >= 11 is 0. The van der Waals surface area contributed by atoms with E-state index in [1.54, 1.807) is 21.1 Å². The second kappa shape index (κ2) is 37.2. The maximum atomic E-state index is 12.7. The Morgan fingerprint density at radius 3 is 1.23 bits per heavy atom. The number of unbranched alkanes of at least 4 members (excludes halogenated alkanes) is 28. The van der Waals surface area contributed by atoms with Gasteiger partial charge in [-0.05, 0) is 12.8 Å². The molecule has 0 heterocycles. The van der Waals surface area contributed by atoms with Crippen molar-refractivity contribution in [3.05, 3.63) is 0 Å². The van der Waals surface area contributed by atoms with E-state index in [4.69, 9.17) is 14.0 Å². The van der Waals surface area contributed by atoms with Gasteiger partial charge in [-0.2, -0.15) is 0 Å². The van der Waals surface area contributed by atoms with Crippen molar-refractivity contribution in [2.24, 2.45) is 0 Å². The quantitative estimate of drug-likeness (QED) is 0.0275. The molecule has 0 radical (unpaired) electrons. The van der Waals surface area contributed by atoms with Gasteiger partial charge in [-0.3, -0.25) is 14.2 Å². The smallest absolute Gasteiger partial charge is 0.330 e. The lowest BCUT2D eigenvalue weighted by Gasteiger charge is -2.25. The third kappa shape index (κ3) is 36.2. The van der Waals surface area contributed by atoms with Crippen molar-refractivity contribution in [3.8, 4) is 0 Å². The first-order chi connectivity index (χ1) is 26.8. The van der Waals surface area contributed by atoms with Gasteiger partial charge in [-0.1, -0.05) is 194 Å². The largest absolute Gasteiger partial charge is 0.741 e. The predicted octanol–water partition coefficient (Wildman–Crippen LogP) is 11.4. The number of hydrogen-bond acceptors (Lipinski definition) is 8. The van der Waals surface area contributed by atoms with E-state index in [1.807, 2.05) is 0 Å². The van der Waals surface area contributed by atoms with Crippen LogP contribution in [0.15, 0.2) is 0 Å². The molecule has 0 saturated carbocycles. The summed E-state index contributed by atoms with van der Waals surface area (Å²) in [7, 11) is -3.11. The number of esters is 2. The summed E-state index contributed by atoms with van der Waals surface area (Å²) in [4.78, 5) is 50.5. The average Bonchev–Trinajstić information content (AvgIpc) is 3.14. The normalized spacial score (nSPS) is 14.0. The molecule has 0 spiro atoms. The van der Waals surface area contributed by atoms with Crippen LogP contribution in [0.25, 0.3) is 0 Å². The minimum absolute atomic E-state index is 0.139. The number of aliphatic hydroxyl groups is 1. The number of hydrogen-bond donors (Lipinski definition) is 1. The Balaban J connectivity index is 4.53. The highest BCUT2D eigenvalue weighted by Crippen LogP contribution is 2.59. The second-order valence-electron chi connectivity index (χ2n) is 17.1. The fraction of sp³-hybridized carbons (Fsp3) is 0.932. The average molecular weight is 836 g/mol. The Morgan fingerprint density at radius 1 is 0.571 bits per heavy atom. The number of ether oxygens (including phenoxy) is 2. The molecule has 0 aliphatic carbocycles. The van der Waals surface area contributed by atoms with Crippen LogP contribution < -0.4 is 9.79 Å². The molecule has 3 atom stereocenters. The van der Waals surface area contributed by atoms with Gasteiger partial charge in [-0.15, -0.1) is 0 Å². The molecule has 0 amide bonds. The number of nitrogens with zero attached hydrogens (tertiary/aromatic N) is 1. The van der Waals surface area contributed by atoms with Gasteiger partial charge in [0.15, 0.2) is 20.1 Å². The van der Waals surface area contributed by atoms with E-state index in [0.717, 1.165) is 38.5 Å². The molecule has 0 rings (SSSR count). The Morgan fingerprint density at radius 2 is 0.893 bits per heavy atom. The molecule has 332 valence electrons. The van der Waals surface area contributed by atoms with Crippen LogP contribution in [0.4, 0.5) is 0 Å². The van der Waals surface area contributed by atoms with Crippen molar-refractivity contribution in [1.82, 2.24) is 0 Å². The van der Waals surface area contributed by atoms with E-state index in [2.05, 4.69) is 13.8 Å². The van der Waals surface area contributed by atoms with Crippen molar-refractivity contribution < 1.29 is 47.5 Å². The summed E-state index contributed by atoms with van der Waals surface area (Å²) in [5.41, 5.74) is -0.692. The zero-order chi connectivity index (χ0) is 41.8. The van der Waals surface area contributed by atoms with Crippen LogP contribution in [-0.2, 0) is 28.2 Å². The first-order valence-electron chi connectivity index (χ1n) is 23.0. The molecule has 10 nitrogen and oxygen atoms in total. The lowest BCUT2D eigenvalue weighted by Crippen LogP contribution is -2.39. The van der Waals surface area contributed by atoms with E-state index >= 15 is 0 Å². The maximum Gasteiger partial charge on any atom is 0.330 e. The van der Waals surface area contributed by atoms with Gasteiger partial charge in [0.2, 0.25) is 0 Å². The summed E-state index contributed by atoms with van der Waals surface area (Å²) in [6, 6.07) is 0. The predicted molar refractivity (Wildman–Crippen MR) is 230 cm³/mol. The van der Waals surface area contributed by atoms with Gasteiger partial charge < -0.3 is 33.4 Å². The molecule has 56 heavy (non-hydrogen) atoms. The number of quaternary nitrogens is 1. The fourth-order valence-corrected chi connectivity index (χ4v) is 9.60. The molecule has 0 bridgehead atoms. The molecule has 0 aliphatic heterocycles. The Kier molecular flexibility index (Phi) is 36.6. The van der Waals surface area contributed by atoms with Gasteiger partial charge in [-0.25, -0.2) is 0 Å². The number of aliphatic hydroxyl groups excluding tert-OH is 1. The van der Waals surface area contributed by atoms with E-state index < -0.39 is 44.9 Å². The van der Waals surface area contributed by atoms with Crippen LogP contribution in [0.2, 0.25) is 0 Å². The first-order valence-corrected chi connectivity index (χ1v) is 26.5. The van der Waals surface area contributed by atoms with Gasteiger partial charge in [0.1, 0.15) is 6.61 Å². The Bertz CT molecular complexity index is 1030.